The molecule has 3 aliphatic rings. The first-order valence-electron chi connectivity index (χ1n) is 10.6. The van der Waals surface area contributed by atoms with Gasteiger partial charge in [-0.1, -0.05) is 47.5 Å². The maximum absolute atomic E-state index is 11.6. The molecular weight excluding hydrogens is 292 g/mol. The highest BCUT2D eigenvalue weighted by molar-refractivity contribution is 5.75. The summed E-state index contributed by atoms with van der Waals surface area (Å²) in [5.74, 6) is 3.70. The number of hydrogen-bond acceptors (Lipinski definition) is 1. The number of fused-ring (bicyclic) bond motifs is 3. The largest absolute Gasteiger partial charge is 0.300 e. The highest BCUT2D eigenvalue weighted by Gasteiger charge is 2.61. The van der Waals surface area contributed by atoms with Crippen molar-refractivity contribution in [2.24, 2.45) is 39.9 Å². The molecule has 2 unspecified atom stereocenters. The fraction of sp³-hybridized carbons (Fsp3) is 0.957. The van der Waals surface area contributed by atoms with Crippen LogP contribution in [0.3, 0.4) is 0 Å². The minimum Gasteiger partial charge on any atom is -0.300 e. The monoisotopic (exact) mass is 332 g/mol. The Morgan fingerprint density at radius 3 is 2.29 bits per heavy atom. The van der Waals surface area contributed by atoms with Crippen molar-refractivity contribution in [2.75, 3.05) is 0 Å². The van der Waals surface area contributed by atoms with Gasteiger partial charge < -0.3 is 4.79 Å². The number of ketones is 1. The third-order valence-corrected chi connectivity index (χ3v) is 9.09. The summed E-state index contributed by atoms with van der Waals surface area (Å²) in [6, 6.07) is 0. The predicted molar refractivity (Wildman–Crippen MR) is 102 cm³/mol. The van der Waals surface area contributed by atoms with Gasteiger partial charge in [-0.05, 0) is 85.4 Å². The normalized spacial score (nSPS) is 47.6. The molecule has 0 aromatic rings. The van der Waals surface area contributed by atoms with Crippen LogP contribution in [0, 0.1) is 39.9 Å². The number of Topliss-reactive ketones (excluding diaryl/α,β-unsaturated/α-hetero) is 1. The lowest BCUT2D eigenvalue weighted by Gasteiger charge is -2.66. The van der Waals surface area contributed by atoms with E-state index in [-0.39, 0.29) is 0 Å². The van der Waals surface area contributed by atoms with E-state index in [9.17, 15) is 4.79 Å². The van der Waals surface area contributed by atoms with E-state index in [4.69, 9.17) is 0 Å². The van der Waals surface area contributed by atoms with Crippen LogP contribution in [-0.2, 0) is 4.79 Å². The van der Waals surface area contributed by atoms with E-state index >= 15 is 0 Å². The van der Waals surface area contributed by atoms with E-state index in [1.54, 1.807) is 6.92 Å². The van der Waals surface area contributed by atoms with Crippen LogP contribution >= 0.6 is 0 Å². The molecule has 0 N–H and O–H groups in total. The Morgan fingerprint density at radius 2 is 1.62 bits per heavy atom. The van der Waals surface area contributed by atoms with Crippen molar-refractivity contribution < 1.29 is 4.79 Å². The first kappa shape index (κ1) is 18.5. The quantitative estimate of drug-likeness (QED) is 0.565. The van der Waals surface area contributed by atoms with Crippen LogP contribution < -0.4 is 0 Å². The molecule has 0 aromatic heterocycles. The lowest BCUT2D eigenvalue weighted by atomic mass is 9.38. The lowest BCUT2D eigenvalue weighted by molar-refractivity contribution is -0.174. The van der Waals surface area contributed by atoms with Gasteiger partial charge in [-0.2, -0.15) is 0 Å². The summed E-state index contributed by atoms with van der Waals surface area (Å²) in [5, 5.41) is 0. The van der Waals surface area contributed by atoms with Crippen LogP contribution in [0.5, 0.6) is 0 Å². The van der Waals surface area contributed by atoms with Gasteiger partial charge in [0.05, 0.1) is 0 Å². The fourth-order valence-electron chi connectivity index (χ4n) is 8.04. The molecule has 0 bridgehead atoms. The van der Waals surface area contributed by atoms with Gasteiger partial charge in [0.2, 0.25) is 0 Å². The van der Waals surface area contributed by atoms with Gasteiger partial charge in [0.25, 0.3) is 0 Å². The Kier molecular flexibility index (Phi) is 4.72. The molecule has 0 amide bonds. The topological polar surface area (TPSA) is 17.1 Å². The van der Waals surface area contributed by atoms with E-state index in [0.29, 0.717) is 22.0 Å². The Hall–Kier alpha value is -0.330. The molecule has 3 aliphatic carbocycles. The maximum Gasteiger partial charge on any atom is 0.129 e. The van der Waals surface area contributed by atoms with Gasteiger partial charge in [0, 0.05) is 6.42 Å². The SMILES string of the molecule is CC(=O)CC[C@H]1[C@H](C)CCC2[C@@]3(C)CCCC(C)(C)C3CC[C@]21C. The minimum atomic E-state index is 0.381. The van der Waals surface area contributed by atoms with Crippen LogP contribution in [0.1, 0.15) is 99.3 Å². The van der Waals surface area contributed by atoms with Crippen molar-refractivity contribution in [1.29, 1.82) is 0 Å². The third kappa shape index (κ3) is 2.78. The Balaban J connectivity index is 1.91. The number of rotatable bonds is 3. The minimum absolute atomic E-state index is 0.381. The Bertz CT molecular complexity index is 492. The molecule has 0 radical (unpaired) electrons. The number of carbonyl (C=O) groups is 1. The van der Waals surface area contributed by atoms with Gasteiger partial charge in [0.1, 0.15) is 5.78 Å². The van der Waals surface area contributed by atoms with E-state index in [1.807, 2.05) is 0 Å². The summed E-state index contributed by atoms with van der Waals surface area (Å²) >= 11 is 0. The van der Waals surface area contributed by atoms with E-state index in [0.717, 1.165) is 36.5 Å². The van der Waals surface area contributed by atoms with Crippen LogP contribution in [0.15, 0.2) is 0 Å². The Labute approximate surface area is 150 Å². The van der Waals surface area contributed by atoms with Gasteiger partial charge in [-0.3, -0.25) is 0 Å². The molecule has 138 valence electrons. The summed E-state index contributed by atoms with van der Waals surface area (Å²) in [6.07, 6.45) is 11.8. The van der Waals surface area contributed by atoms with Crippen LogP contribution in [0.25, 0.3) is 0 Å². The molecular formula is C23H40O. The van der Waals surface area contributed by atoms with Crippen molar-refractivity contribution in [2.45, 2.75) is 99.3 Å². The molecule has 3 rings (SSSR count). The summed E-state index contributed by atoms with van der Waals surface area (Å²) in [4.78, 5) is 11.6. The first-order chi connectivity index (χ1) is 11.1. The molecule has 0 aromatic carbocycles. The molecule has 1 nitrogen and oxygen atoms in total. The summed E-state index contributed by atoms with van der Waals surface area (Å²) < 4.78 is 0. The summed E-state index contributed by atoms with van der Waals surface area (Å²) in [7, 11) is 0. The number of carbonyl (C=O) groups excluding carboxylic acids is 1. The molecule has 1 heteroatoms. The van der Waals surface area contributed by atoms with Crippen molar-refractivity contribution in [1.82, 2.24) is 0 Å². The highest BCUT2D eigenvalue weighted by Crippen LogP contribution is 2.69. The smallest absolute Gasteiger partial charge is 0.129 e. The Morgan fingerprint density at radius 1 is 0.917 bits per heavy atom. The van der Waals surface area contributed by atoms with Crippen LogP contribution in [0.4, 0.5) is 0 Å². The fourth-order valence-corrected chi connectivity index (χ4v) is 8.04. The highest BCUT2D eigenvalue weighted by atomic mass is 16.1. The molecule has 6 atom stereocenters. The van der Waals surface area contributed by atoms with Crippen molar-refractivity contribution in [3.8, 4) is 0 Å². The average molecular weight is 333 g/mol. The van der Waals surface area contributed by atoms with Gasteiger partial charge >= 0.3 is 0 Å². The van der Waals surface area contributed by atoms with E-state index in [2.05, 4.69) is 34.6 Å². The third-order valence-electron chi connectivity index (χ3n) is 9.09. The van der Waals surface area contributed by atoms with E-state index < -0.39 is 0 Å². The zero-order valence-electron chi connectivity index (χ0n) is 17.1. The van der Waals surface area contributed by atoms with Crippen LogP contribution in [-0.4, -0.2) is 5.78 Å². The standard InChI is InChI=1S/C23H40O/c1-16-8-11-20-22(5,18(16)10-9-17(2)24)15-12-19-21(3,4)13-7-14-23(19,20)6/h16,18-20H,7-15H2,1-6H3/t16-,18+,19?,20?,22+,23+/m1/s1. The van der Waals surface area contributed by atoms with E-state index in [1.165, 1.54) is 44.9 Å². The first-order valence-corrected chi connectivity index (χ1v) is 10.6. The predicted octanol–water partition coefficient (Wildman–Crippen LogP) is 6.65. The molecule has 3 fully saturated rings. The molecule has 0 aliphatic heterocycles. The van der Waals surface area contributed by atoms with Crippen molar-refractivity contribution in [3.63, 3.8) is 0 Å². The molecule has 0 spiro atoms. The second-order valence-corrected chi connectivity index (χ2v) is 10.9. The molecule has 24 heavy (non-hydrogen) atoms. The molecule has 0 heterocycles. The molecule has 0 saturated heterocycles. The van der Waals surface area contributed by atoms with Crippen LogP contribution in [0.2, 0.25) is 0 Å². The summed E-state index contributed by atoms with van der Waals surface area (Å²) in [5.41, 5.74) is 1.52. The second kappa shape index (κ2) is 6.13. The molecule has 3 saturated carbocycles. The maximum atomic E-state index is 11.6. The lowest BCUT2D eigenvalue weighted by Crippen LogP contribution is -2.59. The second-order valence-electron chi connectivity index (χ2n) is 10.9. The zero-order chi connectivity index (χ0) is 17.8. The average Bonchev–Trinajstić information content (AvgIpc) is 2.44. The van der Waals surface area contributed by atoms with Gasteiger partial charge in [-0.15, -0.1) is 0 Å². The van der Waals surface area contributed by atoms with Crippen molar-refractivity contribution >= 4 is 5.78 Å². The summed E-state index contributed by atoms with van der Waals surface area (Å²) in [6.45, 7) is 14.6. The van der Waals surface area contributed by atoms with Gasteiger partial charge in [0.15, 0.2) is 0 Å². The number of hydrogen-bond donors (Lipinski definition) is 0. The zero-order valence-corrected chi connectivity index (χ0v) is 17.1. The van der Waals surface area contributed by atoms with Crippen molar-refractivity contribution in [3.05, 3.63) is 0 Å². The van der Waals surface area contributed by atoms with Gasteiger partial charge in [-0.25, -0.2) is 0 Å².